The number of methoxy groups -OCH3 is 2. The smallest absolute Gasteiger partial charge is 0.251 e. The molecule has 1 unspecified atom stereocenters. The number of rotatable bonds is 5. The number of carbonyl (C=O) groups is 1. The van der Waals surface area contributed by atoms with Gasteiger partial charge in [0.1, 0.15) is 11.5 Å². The molecule has 0 heterocycles. The molecule has 0 aliphatic rings. The third kappa shape index (κ3) is 3.80. The highest BCUT2D eigenvalue weighted by Crippen LogP contribution is 2.29. The Bertz CT molecular complexity index is 733. The van der Waals surface area contributed by atoms with Gasteiger partial charge in [-0.2, -0.15) is 5.26 Å². The van der Waals surface area contributed by atoms with E-state index in [2.05, 4.69) is 5.32 Å². The Labute approximate surface area is 135 Å². The maximum absolute atomic E-state index is 12.3. The van der Waals surface area contributed by atoms with Crippen molar-refractivity contribution >= 4 is 5.91 Å². The second-order valence-corrected chi connectivity index (χ2v) is 4.99. The largest absolute Gasteiger partial charge is 0.497 e. The average molecular weight is 310 g/mol. The molecule has 0 saturated heterocycles. The lowest BCUT2D eigenvalue weighted by Crippen LogP contribution is -2.26. The van der Waals surface area contributed by atoms with Crippen molar-refractivity contribution in [3.05, 3.63) is 59.2 Å². The summed E-state index contributed by atoms with van der Waals surface area (Å²) in [6.07, 6.45) is 0. The molecule has 2 rings (SSSR count). The van der Waals surface area contributed by atoms with Gasteiger partial charge in [0.2, 0.25) is 0 Å². The fourth-order valence-corrected chi connectivity index (χ4v) is 2.23. The second kappa shape index (κ2) is 7.32. The van der Waals surface area contributed by atoms with Gasteiger partial charge >= 0.3 is 0 Å². The van der Waals surface area contributed by atoms with Crippen LogP contribution in [0.15, 0.2) is 42.5 Å². The molecule has 1 amide bonds. The molecule has 118 valence electrons. The molecular weight excluding hydrogens is 292 g/mol. The molecule has 0 aliphatic heterocycles. The molecule has 0 radical (unpaired) electrons. The number of amides is 1. The molecule has 1 atom stereocenters. The predicted molar refractivity (Wildman–Crippen MR) is 86.6 cm³/mol. The van der Waals surface area contributed by atoms with E-state index in [9.17, 15) is 4.79 Å². The number of hydrogen-bond donors (Lipinski definition) is 1. The van der Waals surface area contributed by atoms with Crippen LogP contribution in [0, 0.1) is 11.3 Å². The van der Waals surface area contributed by atoms with Crippen LogP contribution in [0.1, 0.15) is 34.5 Å². The minimum atomic E-state index is -0.261. The lowest BCUT2D eigenvalue weighted by Gasteiger charge is -2.18. The highest BCUT2D eigenvalue weighted by molar-refractivity contribution is 5.94. The van der Waals surface area contributed by atoms with E-state index in [0.29, 0.717) is 22.6 Å². The van der Waals surface area contributed by atoms with Crippen LogP contribution >= 0.6 is 0 Å². The van der Waals surface area contributed by atoms with Gasteiger partial charge in [0.15, 0.2) is 0 Å². The van der Waals surface area contributed by atoms with E-state index in [0.717, 1.165) is 5.56 Å². The van der Waals surface area contributed by atoms with Gasteiger partial charge < -0.3 is 14.8 Å². The van der Waals surface area contributed by atoms with Crippen LogP contribution in [-0.4, -0.2) is 20.1 Å². The molecule has 23 heavy (non-hydrogen) atoms. The summed E-state index contributed by atoms with van der Waals surface area (Å²) in [5, 5.41) is 11.7. The Hall–Kier alpha value is -3.00. The van der Waals surface area contributed by atoms with Gasteiger partial charge in [-0.05, 0) is 49.4 Å². The first-order valence-electron chi connectivity index (χ1n) is 7.12. The van der Waals surface area contributed by atoms with Crippen LogP contribution in [0.3, 0.4) is 0 Å². The quantitative estimate of drug-likeness (QED) is 0.921. The molecule has 2 aromatic carbocycles. The molecule has 1 N–H and O–H groups in total. The Morgan fingerprint density at radius 2 is 1.83 bits per heavy atom. The zero-order chi connectivity index (χ0) is 16.8. The number of nitriles is 1. The van der Waals surface area contributed by atoms with Crippen molar-refractivity contribution in [2.45, 2.75) is 13.0 Å². The van der Waals surface area contributed by atoms with E-state index in [-0.39, 0.29) is 11.9 Å². The van der Waals surface area contributed by atoms with Gasteiger partial charge in [0, 0.05) is 11.1 Å². The van der Waals surface area contributed by atoms with Gasteiger partial charge in [0.05, 0.1) is 31.9 Å². The summed E-state index contributed by atoms with van der Waals surface area (Å²) in [6.45, 7) is 1.87. The number of hydrogen-bond acceptors (Lipinski definition) is 4. The first-order valence-corrected chi connectivity index (χ1v) is 7.12. The first kappa shape index (κ1) is 16.4. The van der Waals surface area contributed by atoms with Crippen molar-refractivity contribution in [1.29, 1.82) is 5.26 Å². The average Bonchev–Trinajstić information content (AvgIpc) is 2.61. The maximum atomic E-state index is 12.3. The van der Waals surface area contributed by atoms with Gasteiger partial charge in [-0.15, -0.1) is 0 Å². The molecule has 0 aromatic heterocycles. The number of carbonyl (C=O) groups excluding carboxylic acids is 1. The van der Waals surface area contributed by atoms with E-state index in [1.165, 1.54) is 0 Å². The Morgan fingerprint density at radius 1 is 1.13 bits per heavy atom. The fourth-order valence-electron chi connectivity index (χ4n) is 2.23. The summed E-state index contributed by atoms with van der Waals surface area (Å²) < 4.78 is 10.6. The van der Waals surface area contributed by atoms with Gasteiger partial charge in [-0.1, -0.05) is 0 Å². The summed E-state index contributed by atoms with van der Waals surface area (Å²) in [5.41, 5.74) is 1.84. The number of ether oxygens (including phenoxy) is 2. The SMILES string of the molecule is COc1ccc(OC)c(C(C)NC(=O)c2ccc(C#N)cc2)c1. The Kier molecular flexibility index (Phi) is 5.21. The number of nitrogens with one attached hydrogen (secondary N) is 1. The molecule has 0 fully saturated rings. The summed E-state index contributed by atoms with van der Waals surface area (Å²) in [7, 11) is 3.17. The van der Waals surface area contributed by atoms with E-state index >= 15 is 0 Å². The third-order valence-electron chi connectivity index (χ3n) is 3.53. The summed E-state index contributed by atoms with van der Waals surface area (Å²) in [6, 6.07) is 13.7. The van der Waals surface area contributed by atoms with Crippen molar-refractivity contribution in [3.8, 4) is 17.6 Å². The topological polar surface area (TPSA) is 71.3 Å². The van der Waals surface area contributed by atoms with Crippen LogP contribution in [0.2, 0.25) is 0 Å². The van der Waals surface area contributed by atoms with E-state index in [4.69, 9.17) is 14.7 Å². The Balaban J connectivity index is 2.19. The summed E-state index contributed by atoms with van der Waals surface area (Å²) in [5.74, 6) is 1.16. The molecule has 0 bridgehead atoms. The molecule has 0 spiro atoms. The number of benzene rings is 2. The highest BCUT2D eigenvalue weighted by atomic mass is 16.5. The molecule has 0 saturated carbocycles. The van der Waals surface area contributed by atoms with E-state index < -0.39 is 0 Å². The Morgan fingerprint density at radius 3 is 2.39 bits per heavy atom. The van der Waals surface area contributed by atoms with Crippen molar-refractivity contribution in [1.82, 2.24) is 5.32 Å². The fraction of sp³-hybridized carbons (Fsp3) is 0.222. The zero-order valence-electron chi connectivity index (χ0n) is 13.3. The van der Waals surface area contributed by atoms with Crippen LogP contribution < -0.4 is 14.8 Å². The predicted octanol–water partition coefficient (Wildman–Crippen LogP) is 3.07. The standard InChI is InChI=1S/C18H18N2O3/c1-12(16-10-15(22-2)8-9-17(16)23-3)20-18(21)14-6-4-13(11-19)5-7-14/h4-10,12H,1-3H3,(H,20,21). The van der Waals surface area contributed by atoms with Crippen molar-refractivity contribution in [2.75, 3.05) is 14.2 Å². The van der Waals surface area contributed by atoms with Crippen LogP contribution in [0.5, 0.6) is 11.5 Å². The van der Waals surface area contributed by atoms with Gasteiger partial charge in [-0.3, -0.25) is 4.79 Å². The van der Waals surface area contributed by atoms with E-state index in [1.807, 2.05) is 19.1 Å². The zero-order valence-corrected chi connectivity index (χ0v) is 13.3. The van der Waals surface area contributed by atoms with Crippen LogP contribution in [0.4, 0.5) is 0 Å². The van der Waals surface area contributed by atoms with Crippen molar-refractivity contribution in [3.63, 3.8) is 0 Å². The van der Waals surface area contributed by atoms with Crippen LogP contribution in [0.25, 0.3) is 0 Å². The lowest BCUT2D eigenvalue weighted by atomic mass is 10.1. The van der Waals surface area contributed by atoms with Crippen molar-refractivity contribution < 1.29 is 14.3 Å². The van der Waals surface area contributed by atoms with E-state index in [1.54, 1.807) is 50.6 Å². The lowest BCUT2D eigenvalue weighted by molar-refractivity contribution is 0.0939. The first-order chi connectivity index (χ1) is 11.1. The summed E-state index contributed by atoms with van der Waals surface area (Å²) >= 11 is 0. The highest BCUT2D eigenvalue weighted by Gasteiger charge is 2.16. The normalized spacial score (nSPS) is 11.2. The van der Waals surface area contributed by atoms with Crippen LogP contribution in [-0.2, 0) is 0 Å². The molecule has 2 aromatic rings. The molecule has 5 nitrogen and oxygen atoms in total. The maximum Gasteiger partial charge on any atom is 0.251 e. The minimum Gasteiger partial charge on any atom is -0.497 e. The summed E-state index contributed by atoms with van der Waals surface area (Å²) in [4.78, 5) is 12.3. The monoisotopic (exact) mass is 310 g/mol. The minimum absolute atomic E-state index is 0.216. The van der Waals surface area contributed by atoms with Crippen molar-refractivity contribution in [2.24, 2.45) is 0 Å². The molecule has 0 aliphatic carbocycles. The third-order valence-corrected chi connectivity index (χ3v) is 3.53. The van der Waals surface area contributed by atoms with Gasteiger partial charge in [0.25, 0.3) is 5.91 Å². The molecular formula is C18H18N2O3. The van der Waals surface area contributed by atoms with Gasteiger partial charge in [-0.25, -0.2) is 0 Å². The molecule has 5 heteroatoms. The second-order valence-electron chi connectivity index (χ2n) is 4.99. The number of nitrogens with zero attached hydrogens (tertiary/aromatic N) is 1.